The molecule has 122 valence electrons. The molecule has 1 aromatic carbocycles. The summed E-state index contributed by atoms with van der Waals surface area (Å²) in [5, 5.41) is 12.8. The molecule has 1 saturated heterocycles. The molecule has 1 aliphatic heterocycles. The van der Waals surface area contributed by atoms with Crippen molar-refractivity contribution in [1.29, 1.82) is 0 Å². The molecule has 6 nitrogen and oxygen atoms in total. The highest BCUT2D eigenvalue weighted by molar-refractivity contribution is 6.34. The Morgan fingerprint density at radius 1 is 1.50 bits per heavy atom. The molecule has 0 aromatic heterocycles. The molecular formula is C15H22ClN3O3. The molecule has 22 heavy (non-hydrogen) atoms. The summed E-state index contributed by atoms with van der Waals surface area (Å²) in [5.41, 5.74) is 1.48. The first-order valence-electron chi connectivity index (χ1n) is 7.30. The third-order valence-corrected chi connectivity index (χ3v) is 3.75. The minimum Gasteiger partial charge on any atom is -0.392 e. The van der Waals surface area contributed by atoms with Crippen LogP contribution in [0.5, 0.6) is 0 Å². The van der Waals surface area contributed by atoms with Crippen molar-refractivity contribution in [1.82, 2.24) is 4.90 Å². The van der Waals surface area contributed by atoms with E-state index in [9.17, 15) is 9.90 Å². The number of aliphatic hydroxyl groups is 1. The van der Waals surface area contributed by atoms with Crippen LogP contribution < -0.4 is 10.2 Å². The first-order chi connectivity index (χ1) is 10.5. The van der Waals surface area contributed by atoms with Crippen molar-refractivity contribution in [2.45, 2.75) is 13.0 Å². The number of halogens is 1. The van der Waals surface area contributed by atoms with Gasteiger partial charge in [-0.05, 0) is 19.1 Å². The van der Waals surface area contributed by atoms with Crippen LogP contribution in [0.3, 0.4) is 0 Å². The topological polar surface area (TPSA) is 65.0 Å². The van der Waals surface area contributed by atoms with Gasteiger partial charge in [-0.1, -0.05) is 17.7 Å². The summed E-state index contributed by atoms with van der Waals surface area (Å²) in [5.74, 6) is 0. The number of hydrogen-bond donors (Lipinski definition) is 2. The van der Waals surface area contributed by atoms with E-state index in [1.165, 1.54) is 4.90 Å². The molecular weight excluding hydrogens is 306 g/mol. The fourth-order valence-electron chi connectivity index (χ4n) is 2.41. The molecule has 1 aromatic rings. The third-order valence-electron chi connectivity index (χ3n) is 3.44. The summed E-state index contributed by atoms with van der Waals surface area (Å²) in [6.45, 7) is 4.65. The highest BCUT2D eigenvalue weighted by Crippen LogP contribution is 2.34. The molecule has 0 aliphatic carbocycles. The van der Waals surface area contributed by atoms with Crippen LogP contribution in [0.4, 0.5) is 16.2 Å². The maximum absolute atomic E-state index is 12.2. The molecule has 1 atom stereocenters. The second kappa shape index (κ2) is 7.67. The molecule has 2 rings (SSSR count). The second-order valence-electron chi connectivity index (χ2n) is 5.40. The van der Waals surface area contributed by atoms with Gasteiger partial charge >= 0.3 is 6.03 Å². The third kappa shape index (κ3) is 4.25. The van der Waals surface area contributed by atoms with Gasteiger partial charge in [0.25, 0.3) is 0 Å². The van der Waals surface area contributed by atoms with E-state index in [2.05, 4.69) is 10.2 Å². The number of morpholine rings is 1. The van der Waals surface area contributed by atoms with Gasteiger partial charge in [0.15, 0.2) is 0 Å². The monoisotopic (exact) mass is 327 g/mol. The minimum atomic E-state index is -0.575. The maximum atomic E-state index is 12.2. The average molecular weight is 328 g/mol. The van der Waals surface area contributed by atoms with Crippen LogP contribution in [-0.4, -0.2) is 62.0 Å². The van der Waals surface area contributed by atoms with Gasteiger partial charge in [-0.3, -0.25) is 0 Å². The van der Waals surface area contributed by atoms with Gasteiger partial charge in [-0.15, -0.1) is 0 Å². The Morgan fingerprint density at radius 3 is 2.82 bits per heavy atom. The van der Waals surface area contributed by atoms with Crippen molar-refractivity contribution in [3.05, 3.63) is 23.2 Å². The first kappa shape index (κ1) is 16.9. The van der Waals surface area contributed by atoms with Crippen molar-refractivity contribution in [3.63, 3.8) is 0 Å². The normalized spacial score (nSPS) is 16.3. The Balaban J connectivity index is 2.16. The van der Waals surface area contributed by atoms with Gasteiger partial charge in [-0.25, -0.2) is 4.79 Å². The molecule has 7 heteroatoms. The Labute approximate surface area is 135 Å². The summed E-state index contributed by atoms with van der Waals surface area (Å²) >= 11 is 6.32. The first-order valence-corrected chi connectivity index (χ1v) is 7.68. The Bertz CT molecular complexity index is 519. The number of likely N-dealkylation sites (N-methyl/N-ethyl adjacent to an activating group) is 1. The fourth-order valence-corrected chi connectivity index (χ4v) is 2.71. The van der Waals surface area contributed by atoms with Crippen molar-refractivity contribution in [2.24, 2.45) is 0 Å². The summed E-state index contributed by atoms with van der Waals surface area (Å²) < 4.78 is 5.36. The maximum Gasteiger partial charge on any atom is 0.321 e. The molecule has 2 amide bonds. The van der Waals surface area contributed by atoms with Gasteiger partial charge in [0, 0.05) is 26.7 Å². The molecule has 0 spiro atoms. The fraction of sp³-hybridized carbons (Fsp3) is 0.533. The molecule has 2 N–H and O–H groups in total. The van der Waals surface area contributed by atoms with Crippen LogP contribution in [0.2, 0.25) is 5.02 Å². The van der Waals surface area contributed by atoms with Crippen LogP contribution in [0, 0.1) is 0 Å². The summed E-state index contributed by atoms with van der Waals surface area (Å²) in [7, 11) is 1.64. The minimum absolute atomic E-state index is 0.263. The zero-order valence-corrected chi connectivity index (χ0v) is 13.6. The smallest absolute Gasteiger partial charge is 0.321 e. The number of carbonyl (C=O) groups is 1. The van der Waals surface area contributed by atoms with Crippen LogP contribution in [0.25, 0.3) is 0 Å². The Kier molecular flexibility index (Phi) is 5.88. The Morgan fingerprint density at radius 2 is 2.18 bits per heavy atom. The number of urea groups is 1. The predicted molar refractivity (Wildman–Crippen MR) is 87.8 cm³/mol. The molecule has 0 radical (unpaired) electrons. The highest BCUT2D eigenvalue weighted by atomic mass is 35.5. The number of amides is 2. The van der Waals surface area contributed by atoms with E-state index in [0.717, 1.165) is 18.8 Å². The quantitative estimate of drug-likeness (QED) is 0.888. The van der Waals surface area contributed by atoms with E-state index in [1.54, 1.807) is 20.0 Å². The van der Waals surface area contributed by atoms with E-state index >= 15 is 0 Å². The van der Waals surface area contributed by atoms with E-state index in [-0.39, 0.29) is 12.6 Å². The number of anilines is 2. The molecule has 1 unspecified atom stereocenters. The van der Waals surface area contributed by atoms with Crippen molar-refractivity contribution < 1.29 is 14.6 Å². The predicted octanol–water partition coefficient (Wildman–Crippen LogP) is 2.02. The van der Waals surface area contributed by atoms with Gasteiger partial charge in [0.05, 0.1) is 35.7 Å². The SMILES string of the molecule is CC(O)CN(C)C(=O)Nc1cccc(Cl)c1N1CCOCC1. The Hall–Kier alpha value is -1.50. The largest absolute Gasteiger partial charge is 0.392 e. The number of aliphatic hydroxyl groups excluding tert-OH is 1. The number of rotatable bonds is 4. The number of nitrogens with zero attached hydrogens (tertiary/aromatic N) is 2. The number of hydrogen-bond acceptors (Lipinski definition) is 4. The molecule has 1 heterocycles. The lowest BCUT2D eigenvalue weighted by molar-refractivity contribution is 0.123. The van der Waals surface area contributed by atoms with E-state index in [0.29, 0.717) is 23.9 Å². The van der Waals surface area contributed by atoms with Crippen LogP contribution in [0.1, 0.15) is 6.92 Å². The summed E-state index contributed by atoms with van der Waals surface area (Å²) in [6, 6.07) is 5.15. The van der Waals surface area contributed by atoms with Crippen LogP contribution in [0.15, 0.2) is 18.2 Å². The number of benzene rings is 1. The molecule has 1 fully saturated rings. The lowest BCUT2D eigenvalue weighted by atomic mass is 10.2. The van der Waals surface area contributed by atoms with Crippen molar-refractivity contribution in [3.8, 4) is 0 Å². The van der Waals surface area contributed by atoms with Gasteiger partial charge < -0.3 is 25.0 Å². The van der Waals surface area contributed by atoms with Gasteiger partial charge in [-0.2, -0.15) is 0 Å². The van der Waals surface area contributed by atoms with Crippen LogP contribution >= 0.6 is 11.6 Å². The number of carbonyl (C=O) groups excluding carboxylic acids is 1. The van der Waals surface area contributed by atoms with Gasteiger partial charge in [0.1, 0.15) is 0 Å². The second-order valence-corrected chi connectivity index (χ2v) is 5.80. The standard InChI is InChI=1S/C15H22ClN3O3/c1-11(20)10-18(2)15(21)17-13-5-3-4-12(16)14(13)19-6-8-22-9-7-19/h3-5,11,20H,6-10H2,1-2H3,(H,17,21). The zero-order valence-electron chi connectivity index (χ0n) is 12.9. The van der Waals surface area contributed by atoms with E-state index in [4.69, 9.17) is 16.3 Å². The number of para-hydroxylation sites is 1. The lowest BCUT2D eigenvalue weighted by Crippen LogP contribution is -2.39. The van der Waals surface area contributed by atoms with Gasteiger partial charge in [0.2, 0.25) is 0 Å². The molecule has 1 aliphatic rings. The number of nitrogens with one attached hydrogen (secondary N) is 1. The number of ether oxygens (including phenoxy) is 1. The average Bonchev–Trinajstić information content (AvgIpc) is 2.47. The zero-order chi connectivity index (χ0) is 16.1. The van der Waals surface area contributed by atoms with Crippen molar-refractivity contribution in [2.75, 3.05) is 50.1 Å². The van der Waals surface area contributed by atoms with E-state index < -0.39 is 6.10 Å². The van der Waals surface area contributed by atoms with E-state index in [1.807, 2.05) is 12.1 Å². The van der Waals surface area contributed by atoms with Crippen molar-refractivity contribution >= 4 is 29.0 Å². The lowest BCUT2D eigenvalue weighted by Gasteiger charge is -2.31. The summed E-state index contributed by atoms with van der Waals surface area (Å²) in [6.07, 6.45) is -0.575. The molecule has 0 saturated carbocycles. The summed E-state index contributed by atoms with van der Waals surface area (Å²) in [4.78, 5) is 15.8. The molecule has 0 bridgehead atoms. The highest BCUT2D eigenvalue weighted by Gasteiger charge is 2.20. The van der Waals surface area contributed by atoms with Crippen LogP contribution in [-0.2, 0) is 4.74 Å².